The highest BCUT2D eigenvalue weighted by Gasteiger charge is 2.50. The molecule has 1 spiro atoms. The van der Waals surface area contributed by atoms with Crippen LogP contribution in [0.25, 0.3) is 0 Å². The normalized spacial score (nSPS) is 17.6. The number of halogens is 7. The average molecular weight is 544 g/mol. The summed E-state index contributed by atoms with van der Waals surface area (Å²) in [6.45, 7) is 2.34. The highest BCUT2D eigenvalue weighted by Crippen LogP contribution is 2.42. The van der Waals surface area contributed by atoms with Crippen LogP contribution < -0.4 is 10.2 Å². The maximum atomic E-state index is 13.9. The molecule has 1 unspecified atom stereocenters. The quantitative estimate of drug-likeness (QED) is 0.438. The van der Waals surface area contributed by atoms with E-state index in [0.717, 1.165) is 12.1 Å². The molecule has 3 aromatic rings. The Morgan fingerprint density at radius 1 is 1.00 bits per heavy atom. The van der Waals surface area contributed by atoms with Crippen molar-refractivity contribution in [1.29, 1.82) is 0 Å². The van der Waals surface area contributed by atoms with Gasteiger partial charge in [-0.05, 0) is 42.0 Å². The van der Waals surface area contributed by atoms with Crippen LogP contribution >= 0.6 is 0 Å². The second kappa shape index (κ2) is 9.26. The summed E-state index contributed by atoms with van der Waals surface area (Å²) in [7, 11) is 0. The molecule has 0 radical (unpaired) electrons. The summed E-state index contributed by atoms with van der Waals surface area (Å²) >= 11 is 0. The van der Waals surface area contributed by atoms with Crippen molar-refractivity contribution < 1.29 is 44.7 Å². The molecule has 1 aromatic heterocycles. The third-order valence-corrected chi connectivity index (χ3v) is 6.46. The lowest BCUT2D eigenvalue weighted by atomic mass is 9.78. The summed E-state index contributed by atoms with van der Waals surface area (Å²) in [6, 6.07) is 5.61. The number of rotatable bonds is 6. The van der Waals surface area contributed by atoms with Crippen LogP contribution in [-0.4, -0.2) is 42.4 Å². The molecule has 1 atom stereocenters. The Hall–Kier alpha value is -3.68. The number of benzene rings is 2. The molecule has 38 heavy (non-hydrogen) atoms. The highest BCUT2D eigenvalue weighted by atomic mass is 19.4. The maximum Gasteiger partial charge on any atom is 0.416 e. The summed E-state index contributed by atoms with van der Waals surface area (Å²) in [5.41, 5.74) is -3.77. The van der Waals surface area contributed by atoms with Crippen LogP contribution in [0, 0.1) is 11.2 Å². The lowest BCUT2D eigenvalue weighted by molar-refractivity contribution is -0.143. The van der Waals surface area contributed by atoms with Gasteiger partial charge in [-0.2, -0.15) is 26.3 Å². The number of ether oxygens (including phenoxy) is 1. The number of nitrogens with zero attached hydrogens (tertiary/aromatic N) is 3. The van der Waals surface area contributed by atoms with E-state index in [1.54, 1.807) is 4.90 Å². The Morgan fingerprint density at radius 3 is 2.26 bits per heavy atom. The van der Waals surface area contributed by atoms with E-state index in [4.69, 9.17) is 9.15 Å². The van der Waals surface area contributed by atoms with Gasteiger partial charge >= 0.3 is 18.4 Å². The Labute approximate surface area is 210 Å². The Kier molecular flexibility index (Phi) is 6.32. The molecule has 14 heteroatoms. The first-order valence-corrected chi connectivity index (χ1v) is 11.3. The van der Waals surface area contributed by atoms with E-state index in [-0.39, 0.29) is 29.1 Å². The van der Waals surface area contributed by atoms with Gasteiger partial charge in [0, 0.05) is 25.2 Å². The van der Waals surface area contributed by atoms with Gasteiger partial charge in [0.15, 0.2) is 0 Å². The smallest absolute Gasteiger partial charge is 0.408 e. The molecule has 3 heterocycles. The number of nitrogens with one attached hydrogen (secondary N) is 1. The van der Waals surface area contributed by atoms with E-state index in [0.29, 0.717) is 38.4 Å². The SMILES string of the molecule is O=C(Nc1ccc(F)cc1)C(Cc1nnc(N2CC3(COC3)C2)o1)c1ccc(C(F)(F)F)cc1C(F)(F)F. The van der Waals surface area contributed by atoms with Gasteiger partial charge < -0.3 is 19.4 Å². The highest BCUT2D eigenvalue weighted by molar-refractivity contribution is 5.96. The second-order valence-corrected chi connectivity index (χ2v) is 9.38. The number of alkyl halides is 6. The summed E-state index contributed by atoms with van der Waals surface area (Å²) in [6.07, 6.45) is -10.8. The average Bonchev–Trinajstić information content (AvgIpc) is 3.24. The fourth-order valence-electron chi connectivity index (χ4n) is 4.49. The van der Waals surface area contributed by atoms with Crippen LogP contribution in [0.15, 0.2) is 46.9 Å². The molecule has 2 aromatic carbocycles. The van der Waals surface area contributed by atoms with Crippen LogP contribution in [-0.2, 0) is 28.3 Å². The van der Waals surface area contributed by atoms with E-state index in [9.17, 15) is 35.5 Å². The number of hydrogen-bond donors (Lipinski definition) is 1. The first kappa shape index (κ1) is 25.9. The third kappa shape index (κ3) is 5.17. The van der Waals surface area contributed by atoms with Crippen LogP contribution in [0.5, 0.6) is 0 Å². The van der Waals surface area contributed by atoms with E-state index < -0.39 is 53.1 Å². The van der Waals surface area contributed by atoms with Gasteiger partial charge in [-0.1, -0.05) is 11.2 Å². The van der Waals surface area contributed by atoms with Gasteiger partial charge in [0.2, 0.25) is 11.8 Å². The van der Waals surface area contributed by atoms with Crippen LogP contribution in [0.2, 0.25) is 0 Å². The lowest BCUT2D eigenvalue weighted by Crippen LogP contribution is -2.66. The van der Waals surface area contributed by atoms with Crippen molar-refractivity contribution >= 4 is 17.6 Å². The predicted molar refractivity (Wildman–Crippen MR) is 118 cm³/mol. The number of carbonyl (C=O) groups excluding carboxylic acids is 1. The molecule has 2 aliphatic rings. The largest absolute Gasteiger partial charge is 0.416 e. The molecule has 1 amide bonds. The summed E-state index contributed by atoms with van der Waals surface area (Å²) < 4.78 is 105. The van der Waals surface area contributed by atoms with E-state index in [1.165, 1.54) is 12.1 Å². The second-order valence-electron chi connectivity index (χ2n) is 9.38. The zero-order valence-corrected chi connectivity index (χ0v) is 19.4. The molecular weight excluding hydrogens is 525 g/mol. The number of amides is 1. The minimum Gasteiger partial charge on any atom is -0.408 e. The van der Waals surface area contributed by atoms with Gasteiger partial charge in [-0.3, -0.25) is 4.79 Å². The van der Waals surface area contributed by atoms with Crippen molar-refractivity contribution in [2.24, 2.45) is 5.41 Å². The van der Waals surface area contributed by atoms with Gasteiger partial charge in [0.1, 0.15) is 5.82 Å². The van der Waals surface area contributed by atoms with Gasteiger partial charge in [-0.25, -0.2) is 4.39 Å². The molecule has 2 saturated heterocycles. The molecule has 0 bridgehead atoms. The molecule has 0 saturated carbocycles. The van der Waals surface area contributed by atoms with Crippen LogP contribution in [0.4, 0.5) is 42.4 Å². The summed E-state index contributed by atoms with van der Waals surface area (Å²) in [5, 5.41) is 10.1. The van der Waals surface area contributed by atoms with Gasteiger partial charge in [-0.15, -0.1) is 5.10 Å². The molecule has 0 aliphatic carbocycles. The number of aromatic nitrogens is 2. The summed E-state index contributed by atoms with van der Waals surface area (Å²) in [5.74, 6) is -3.45. The third-order valence-electron chi connectivity index (χ3n) is 6.46. The molecule has 1 N–H and O–H groups in total. The first-order chi connectivity index (χ1) is 17.8. The minimum atomic E-state index is -5.21. The van der Waals surface area contributed by atoms with E-state index >= 15 is 0 Å². The maximum absolute atomic E-state index is 13.9. The standard InChI is InChI=1S/C24H19F7N4O3/c25-14-2-4-15(5-3-14)32-20(36)17(16-6-1-13(23(26,27)28)7-18(16)24(29,30)31)8-19-33-34-21(38-19)35-9-22(10-35)11-37-12-22/h1-7,17H,8-12H2,(H,32,36). The van der Waals surface area contributed by atoms with Gasteiger partial charge in [0.25, 0.3) is 0 Å². The summed E-state index contributed by atoms with van der Waals surface area (Å²) in [4.78, 5) is 15.0. The van der Waals surface area contributed by atoms with E-state index in [2.05, 4.69) is 15.5 Å². The Morgan fingerprint density at radius 2 is 1.68 bits per heavy atom. The Bertz CT molecular complexity index is 1330. The van der Waals surface area contributed by atoms with Crippen LogP contribution in [0.3, 0.4) is 0 Å². The predicted octanol–water partition coefficient (Wildman–Crippen LogP) is 5.05. The lowest BCUT2D eigenvalue weighted by Gasteiger charge is -2.54. The molecule has 2 aliphatic heterocycles. The molecule has 7 nitrogen and oxygen atoms in total. The zero-order chi connectivity index (χ0) is 27.3. The molecule has 2 fully saturated rings. The van der Waals surface area contributed by atoms with Crippen molar-refractivity contribution in [1.82, 2.24) is 10.2 Å². The minimum absolute atomic E-state index is 0.00799. The van der Waals surface area contributed by atoms with E-state index in [1.807, 2.05) is 0 Å². The van der Waals surface area contributed by atoms with Gasteiger partial charge in [0.05, 0.1) is 35.7 Å². The molecule has 5 rings (SSSR count). The molecular formula is C24H19F7N4O3. The number of hydrogen-bond acceptors (Lipinski definition) is 6. The van der Waals surface area contributed by atoms with Crippen LogP contribution in [0.1, 0.15) is 28.5 Å². The Balaban J connectivity index is 1.47. The fraction of sp³-hybridized carbons (Fsp3) is 0.375. The first-order valence-electron chi connectivity index (χ1n) is 11.3. The van der Waals surface area contributed by atoms with Crippen molar-refractivity contribution in [3.8, 4) is 0 Å². The topological polar surface area (TPSA) is 80.5 Å². The monoisotopic (exact) mass is 544 g/mol. The fourth-order valence-corrected chi connectivity index (χ4v) is 4.49. The van der Waals surface area contributed by atoms with Crippen molar-refractivity contribution in [2.75, 3.05) is 36.5 Å². The van der Waals surface area contributed by atoms with Crippen molar-refractivity contribution in [3.05, 3.63) is 70.9 Å². The molecule has 202 valence electrons. The number of carbonyl (C=O) groups is 1. The van der Waals surface area contributed by atoms with Crippen molar-refractivity contribution in [3.63, 3.8) is 0 Å². The number of anilines is 2. The zero-order valence-electron chi connectivity index (χ0n) is 19.4. The van der Waals surface area contributed by atoms with Crippen molar-refractivity contribution in [2.45, 2.75) is 24.7 Å².